The fourth-order valence-corrected chi connectivity index (χ4v) is 2.85. The number of nitrogens with zero attached hydrogens (tertiary/aromatic N) is 2. The minimum Gasteiger partial charge on any atom is -0.359 e. The molecule has 2 heterocycles. The Morgan fingerprint density at radius 2 is 1.96 bits per heavy atom. The molecule has 5 nitrogen and oxygen atoms in total. The molecule has 1 amide bonds. The quantitative estimate of drug-likeness (QED) is 0.751. The van der Waals surface area contributed by atoms with Crippen molar-refractivity contribution in [2.75, 3.05) is 11.9 Å². The molecule has 0 bridgehead atoms. The smallest absolute Gasteiger partial charge is 0.264 e. The van der Waals surface area contributed by atoms with E-state index in [2.05, 4.69) is 25.9 Å². The van der Waals surface area contributed by atoms with Gasteiger partial charge in [0, 0.05) is 28.8 Å². The van der Waals surface area contributed by atoms with Gasteiger partial charge in [0.25, 0.3) is 5.91 Å². The summed E-state index contributed by atoms with van der Waals surface area (Å²) < 4.78 is 0.778. The van der Waals surface area contributed by atoms with E-state index >= 15 is 0 Å². The fourth-order valence-electron chi connectivity index (χ4n) is 2.37. The summed E-state index contributed by atoms with van der Waals surface area (Å²) >= 11 is 3.39. The van der Waals surface area contributed by atoms with Crippen molar-refractivity contribution in [3.05, 3.63) is 68.5 Å². The highest BCUT2D eigenvalue weighted by Crippen LogP contribution is 2.20. The zero-order valence-electron chi connectivity index (χ0n) is 12.6. The van der Waals surface area contributed by atoms with Crippen molar-refractivity contribution in [3.63, 3.8) is 0 Å². The van der Waals surface area contributed by atoms with Crippen molar-refractivity contribution in [2.45, 2.75) is 6.92 Å². The summed E-state index contributed by atoms with van der Waals surface area (Å²) in [5.41, 5.74) is 1.26. The average Bonchev–Trinajstić information content (AvgIpc) is 2.55. The Kier molecular flexibility index (Phi) is 4.00. The Morgan fingerprint density at radius 1 is 1.22 bits per heavy atom. The first-order valence-corrected chi connectivity index (χ1v) is 7.80. The van der Waals surface area contributed by atoms with Crippen LogP contribution in [0.5, 0.6) is 0 Å². The molecule has 6 heteroatoms. The van der Waals surface area contributed by atoms with E-state index in [4.69, 9.17) is 0 Å². The first-order chi connectivity index (χ1) is 11.0. The number of halogens is 1. The number of aromatic nitrogens is 2. The number of anilines is 1. The molecule has 2 aromatic heterocycles. The van der Waals surface area contributed by atoms with Gasteiger partial charge in [0.05, 0.1) is 5.52 Å². The van der Waals surface area contributed by atoms with Gasteiger partial charge in [0.15, 0.2) is 0 Å². The lowest BCUT2D eigenvalue weighted by Crippen LogP contribution is -2.31. The molecule has 0 saturated carbocycles. The topological polar surface area (TPSA) is 66.1 Å². The van der Waals surface area contributed by atoms with Gasteiger partial charge in [-0.15, -0.1) is 0 Å². The Labute approximate surface area is 141 Å². The molecule has 0 atom stereocenters. The molecule has 0 aliphatic heterocycles. The number of carbonyl (C=O) groups excluding carboxylic acids is 1. The number of nitrogens with one attached hydrogen (secondary N) is 1. The predicted octanol–water partition coefficient (Wildman–Crippen LogP) is 3.27. The number of carbonyl (C=O) groups is 1. The van der Waals surface area contributed by atoms with Crippen LogP contribution in [0.15, 0.2) is 51.9 Å². The van der Waals surface area contributed by atoms with E-state index in [1.807, 2.05) is 25.1 Å². The molecule has 0 radical (unpaired) electrons. The normalized spacial score (nSPS) is 10.7. The Bertz CT molecular complexity index is 965. The zero-order chi connectivity index (χ0) is 16.6. The zero-order valence-corrected chi connectivity index (χ0v) is 14.2. The average molecular weight is 372 g/mol. The number of hydrogen-bond acceptors (Lipinski definition) is 3. The minimum absolute atomic E-state index is 0.0846. The SMILES string of the molecule is Cc1cccc(N(C)C(=O)c2c[nH]c3c(Br)cccc3c2=O)n1. The molecule has 3 aromatic rings. The van der Waals surface area contributed by atoms with Gasteiger partial charge >= 0.3 is 0 Å². The number of benzene rings is 1. The predicted molar refractivity (Wildman–Crippen MR) is 94.0 cm³/mol. The van der Waals surface area contributed by atoms with E-state index < -0.39 is 5.91 Å². The maximum absolute atomic E-state index is 12.7. The van der Waals surface area contributed by atoms with Gasteiger partial charge < -0.3 is 4.98 Å². The Morgan fingerprint density at radius 3 is 2.70 bits per heavy atom. The highest BCUT2D eigenvalue weighted by Gasteiger charge is 2.19. The number of amides is 1. The largest absolute Gasteiger partial charge is 0.359 e. The van der Waals surface area contributed by atoms with Gasteiger partial charge in [0.2, 0.25) is 5.43 Å². The third-order valence-electron chi connectivity index (χ3n) is 3.62. The lowest BCUT2D eigenvalue weighted by molar-refractivity contribution is 0.0991. The molecule has 0 fully saturated rings. The molecule has 3 rings (SSSR count). The summed E-state index contributed by atoms with van der Waals surface area (Å²) in [6.45, 7) is 1.85. The van der Waals surface area contributed by atoms with Crippen LogP contribution in [0.1, 0.15) is 16.1 Å². The van der Waals surface area contributed by atoms with Gasteiger partial charge in [-0.05, 0) is 47.1 Å². The molecular formula is C17H14BrN3O2. The van der Waals surface area contributed by atoms with E-state index in [-0.39, 0.29) is 11.0 Å². The van der Waals surface area contributed by atoms with E-state index in [1.54, 1.807) is 25.2 Å². The molecule has 0 unspecified atom stereocenters. The number of rotatable bonds is 2. The van der Waals surface area contributed by atoms with Crippen molar-refractivity contribution in [3.8, 4) is 0 Å². The van der Waals surface area contributed by atoms with Crippen molar-refractivity contribution >= 4 is 38.6 Å². The van der Waals surface area contributed by atoms with Crippen molar-refractivity contribution in [1.29, 1.82) is 0 Å². The third kappa shape index (κ3) is 2.77. The number of pyridine rings is 2. The molecule has 0 spiro atoms. The maximum atomic E-state index is 12.7. The second kappa shape index (κ2) is 5.96. The van der Waals surface area contributed by atoms with Crippen LogP contribution >= 0.6 is 15.9 Å². The highest BCUT2D eigenvalue weighted by atomic mass is 79.9. The molecule has 23 heavy (non-hydrogen) atoms. The summed E-state index contributed by atoms with van der Waals surface area (Å²) in [6, 6.07) is 10.7. The van der Waals surface area contributed by atoms with E-state index in [0.29, 0.717) is 16.7 Å². The number of aromatic amines is 1. The van der Waals surface area contributed by atoms with Gasteiger partial charge in [0.1, 0.15) is 11.4 Å². The standard InChI is InChI=1S/C17H14BrN3O2/c1-10-5-3-8-14(20-10)21(2)17(23)12-9-19-15-11(16(12)22)6-4-7-13(15)18/h3-9H,1-2H3,(H,19,22). The van der Waals surface area contributed by atoms with Crippen LogP contribution in [0.25, 0.3) is 10.9 Å². The number of H-pyrrole nitrogens is 1. The maximum Gasteiger partial charge on any atom is 0.264 e. The Hall–Kier alpha value is -2.47. The van der Waals surface area contributed by atoms with Crippen LogP contribution in [0.2, 0.25) is 0 Å². The number of fused-ring (bicyclic) bond motifs is 1. The molecule has 0 aliphatic carbocycles. The molecule has 1 N–H and O–H groups in total. The van der Waals surface area contributed by atoms with Crippen LogP contribution in [0.3, 0.4) is 0 Å². The van der Waals surface area contributed by atoms with Gasteiger partial charge in [-0.1, -0.05) is 12.1 Å². The minimum atomic E-state index is -0.397. The molecule has 116 valence electrons. The highest BCUT2D eigenvalue weighted by molar-refractivity contribution is 9.10. The Balaban J connectivity index is 2.08. The second-order valence-corrected chi connectivity index (χ2v) is 6.05. The van der Waals surface area contributed by atoms with Crippen LogP contribution in [-0.2, 0) is 0 Å². The summed E-state index contributed by atoms with van der Waals surface area (Å²) in [7, 11) is 1.61. The van der Waals surface area contributed by atoms with E-state index in [1.165, 1.54) is 11.1 Å². The third-order valence-corrected chi connectivity index (χ3v) is 4.28. The molecule has 0 aliphatic rings. The van der Waals surface area contributed by atoms with Crippen molar-refractivity contribution in [1.82, 2.24) is 9.97 Å². The lowest BCUT2D eigenvalue weighted by Gasteiger charge is -2.16. The summed E-state index contributed by atoms with van der Waals surface area (Å²) in [5.74, 6) is 0.106. The molecule has 0 saturated heterocycles. The van der Waals surface area contributed by atoms with Crippen LogP contribution in [-0.4, -0.2) is 22.9 Å². The summed E-state index contributed by atoms with van der Waals surface area (Å²) in [4.78, 5) is 34.0. The monoisotopic (exact) mass is 371 g/mol. The second-order valence-electron chi connectivity index (χ2n) is 5.20. The number of hydrogen-bond donors (Lipinski definition) is 1. The van der Waals surface area contributed by atoms with Gasteiger partial charge in [-0.25, -0.2) is 4.98 Å². The van der Waals surface area contributed by atoms with E-state index in [9.17, 15) is 9.59 Å². The van der Waals surface area contributed by atoms with E-state index in [0.717, 1.165) is 10.2 Å². The van der Waals surface area contributed by atoms with Crippen molar-refractivity contribution < 1.29 is 4.79 Å². The number of aryl methyl sites for hydroxylation is 1. The van der Waals surface area contributed by atoms with Crippen LogP contribution < -0.4 is 10.3 Å². The molecule has 1 aromatic carbocycles. The summed E-state index contributed by atoms with van der Waals surface area (Å²) in [5, 5.41) is 0.468. The molecular weight excluding hydrogens is 358 g/mol. The summed E-state index contributed by atoms with van der Waals surface area (Å²) in [6.07, 6.45) is 1.45. The first kappa shape index (κ1) is 15.4. The lowest BCUT2D eigenvalue weighted by atomic mass is 10.1. The fraction of sp³-hybridized carbons (Fsp3) is 0.118. The number of para-hydroxylation sites is 1. The van der Waals surface area contributed by atoms with Crippen LogP contribution in [0.4, 0.5) is 5.82 Å². The first-order valence-electron chi connectivity index (χ1n) is 7.00. The van der Waals surface area contributed by atoms with Crippen LogP contribution in [0, 0.1) is 6.92 Å². The van der Waals surface area contributed by atoms with Gasteiger partial charge in [-0.2, -0.15) is 0 Å². The van der Waals surface area contributed by atoms with Crippen molar-refractivity contribution in [2.24, 2.45) is 0 Å². The van der Waals surface area contributed by atoms with Gasteiger partial charge in [-0.3, -0.25) is 14.5 Å².